The molecule has 1 aromatic carbocycles. The Kier molecular flexibility index (Phi) is 4.62. The quantitative estimate of drug-likeness (QED) is 0.782. The number of para-hydroxylation sites is 1. The lowest BCUT2D eigenvalue weighted by atomic mass is 9.85. The van der Waals surface area contributed by atoms with E-state index >= 15 is 0 Å². The Morgan fingerprint density at radius 2 is 2.06 bits per heavy atom. The van der Waals surface area contributed by atoms with Crippen LogP contribution in [0.1, 0.15) is 25.7 Å². The van der Waals surface area contributed by atoms with Crippen molar-refractivity contribution in [1.82, 2.24) is 5.32 Å². The minimum atomic E-state index is 0.253. The molecule has 1 fully saturated rings. The third kappa shape index (κ3) is 3.49. The molecule has 1 N–H and O–H groups in total. The highest BCUT2D eigenvalue weighted by molar-refractivity contribution is 5.79. The van der Waals surface area contributed by atoms with Crippen molar-refractivity contribution in [2.75, 3.05) is 25.0 Å². The van der Waals surface area contributed by atoms with E-state index in [0.717, 1.165) is 32.4 Å². The number of anilines is 1. The molecule has 0 atom stereocenters. The van der Waals surface area contributed by atoms with E-state index < -0.39 is 0 Å². The Morgan fingerprint density at radius 3 is 2.67 bits per heavy atom. The SMILES string of the molecule is CN(CCCNC(=O)C1CCC1)c1ccccc1. The summed E-state index contributed by atoms with van der Waals surface area (Å²) in [4.78, 5) is 13.8. The van der Waals surface area contributed by atoms with Gasteiger partial charge in [0.05, 0.1) is 0 Å². The molecule has 0 bridgehead atoms. The first-order valence-electron chi connectivity index (χ1n) is 6.81. The van der Waals surface area contributed by atoms with Crippen LogP contribution in [0.4, 0.5) is 5.69 Å². The van der Waals surface area contributed by atoms with Crippen LogP contribution in [-0.4, -0.2) is 26.0 Å². The molecule has 0 unspecified atom stereocenters. The number of amides is 1. The number of carbonyl (C=O) groups is 1. The average Bonchev–Trinajstić information content (AvgIpc) is 2.33. The lowest BCUT2D eigenvalue weighted by Crippen LogP contribution is -2.36. The van der Waals surface area contributed by atoms with Crippen molar-refractivity contribution in [3.63, 3.8) is 0 Å². The molecule has 1 aliphatic carbocycles. The minimum Gasteiger partial charge on any atom is -0.375 e. The summed E-state index contributed by atoms with van der Waals surface area (Å²) in [5, 5.41) is 3.03. The molecule has 0 aromatic heterocycles. The van der Waals surface area contributed by atoms with Gasteiger partial charge in [0.1, 0.15) is 0 Å². The van der Waals surface area contributed by atoms with Gasteiger partial charge in [0, 0.05) is 31.7 Å². The summed E-state index contributed by atoms with van der Waals surface area (Å²) in [5.74, 6) is 0.556. The Hall–Kier alpha value is -1.51. The van der Waals surface area contributed by atoms with Crippen molar-refractivity contribution >= 4 is 11.6 Å². The van der Waals surface area contributed by atoms with Gasteiger partial charge >= 0.3 is 0 Å². The second-order valence-corrected chi connectivity index (χ2v) is 5.03. The Morgan fingerprint density at radius 1 is 1.33 bits per heavy atom. The Bertz CT molecular complexity index is 373. The van der Waals surface area contributed by atoms with E-state index in [4.69, 9.17) is 0 Å². The van der Waals surface area contributed by atoms with Crippen LogP contribution in [0.15, 0.2) is 30.3 Å². The van der Waals surface area contributed by atoms with Crippen LogP contribution >= 0.6 is 0 Å². The molecule has 98 valence electrons. The maximum absolute atomic E-state index is 11.6. The second kappa shape index (κ2) is 6.43. The van der Waals surface area contributed by atoms with E-state index in [2.05, 4.69) is 29.4 Å². The Balaban J connectivity index is 1.61. The van der Waals surface area contributed by atoms with Crippen LogP contribution in [0.5, 0.6) is 0 Å². The molecule has 0 heterocycles. The molecule has 2 rings (SSSR count). The molecule has 1 aromatic rings. The van der Waals surface area contributed by atoms with Crippen LogP contribution < -0.4 is 10.2 Å². The first-order chi connectivity index (χ1) is 8.77. The van der Waals surface area contributed by atoms with Gasteiger partial charge in [-0.1, -0.05) is 24.6 Å². The van der Waals surface area contributed by atoms with Crippen molar-refractivity contribution < 1.29 is 4.79 Å². The van der Waals surface area contributed by atoms with Gasteiger partial charge < -0.3 is 10.2 Å². The maximum atomic E-state index is 11.6. The van der Waals surface area contributed by atoms with Gasteiger partial charge in [-0.15, -0.1) is 0 Å². The second-order valence-electron chi connectivity index (χ2n) is 5.03. The summed E-state index contributed by atoms with van der Waals surface area (Å²) in [7, 11) is 2.09. The Labute approximate surface area is 109 Å². The molecule has 18 heavy (non-hydrogen) atoms. The molecule has 1 aliphatic rings. The van der Waals surface area contributed by atoms with Crippen LogP contribution in [0.2, 0.25) is 0 Å². The zero-order valence-corrected chi connectivity index (χ0v) is 11.1. The molecule has 0 saturated heterocycles. The van der Waals surface area contributed by atoms with Gasteiger partial charge in [0.2, 0.25) is 5.91 Å². The molecule has 0 spiro atoms. The van der Waals surface area contributed by atoms with Crippen molar-refractivity contribution in [1.29, 1.82) is 0 Å². The van der Waals surface area contributed by atoms with E-state index in [1.54, 1.807) is 0 Å². The molecule has 0 radical (unpaired) electrons. The fourth-order valence-electron chi connectivity index (χ4n) is 2.15. The number of rotatable bonds is 6. The van der Waals surface area contributed by atoms with E-state index in [9.17, 15) is 4.79 Å². The largest absolute Gasteiger partial charge is 0.375 e. The van der Waals surface area contributed by atoms with E-state index in [1.807, 2.05) is 18.2 Å². The fourth-order valence-corrected chi connectivity index (χ4v) is 2.15. The fraction of sp³-hybridized carbons (Fsp3) is 0.533. The molecule has 3 nitrogen and oxygen atoms in total. The van der Waals surface area contributed by atoms with Crippen LogP contribution in [0.25, 0.3) is 0 Å². The van der Waals surface area contributed by atoms with Gasteiger partial charge in [-0.3, -0.25) is 4.79 Å². The third-order valence-corrected chi connectivity index (χ3v) is 3.64. The zero-order chi connectivity index (χ0) is 12.8. The average molecular weight is 246 g/mol. The molecular weight excluding hydrogens is 224 g/mol. The highest BCUT2D eigenvalue weighted by atomic mass is 16.1. The molecule has 0 aliphatic heterocycles. The van der Waals surface area contributed by atoms with E-state index in [1.165, 1.54) is 12.1 Å². The summed E-state index contributed by atoms with van der Waals surface area (Å²) in [6.45, 7) is 1.75. The van der Waals surface area contributed by atoms with Crippen LogP contribution in [0, 0.1) is 5.92 Å². The van der Waals surface area contributed by atoms with Gasteiger partial charge in [0.25, 0.3) is 0 Å². The smallest absolute Gasteiger partial charge is 0.223 e. The third-order valence-electron chi connectivity index (χ3n) is 3.64. The summed E-state index contributed by atoms with van der Waals surface area (Å²) in [6, 6.07) is 10.3. The molecule has 3 heteroatoms. The summed E-state index contributed by atoms with van der Waals surface area (Å²) in [6.07, 6.45) is 4.37. The van der Waals surface area contributed by atoms with Crippen molar-refractivity contribution in [2.24, 2.45) is 5.92 Å². The lowest BCUT2D eigenvalue weighted by Gasteiger charge is -2.24. The number of benzene rings is 1. The van der Waals surface area contributed by atoms with Gasteiger partial charge in [-0.25, -0.2) is 0 Å². The normalized spacial score (nSPS) is 14.9. The van der Waals surface area contributed by atoms with Crippen molar-refractivity contribution in [3.8, 4) is 0 Å². The lowest BCUT2D eigenvalue weighted by molar-refractivity contribution is -0.127. The monoisotopic (exact) mass is 246 g/mol. The van der Waals surface area contributed by atoms with Gasteiger partial charge in [-0.2, -0.15) is 0 Å². The summed E-state index contributed by atoms with van der Waals surface area (Å²) in [5.41, 5.74) is 1.22. The standard InChI is InChI=1S/C15H22N2O/c1-17(14-9-3-2-4-10-14)12-6-11-16-15(18)13-7-5-8-13/h2-4,9-10,13H,5-8,11-12H2,1H3,(H,16,18). The predicted octanol–water partition coefficient (Wildman–Crippen LogP) is 2.43. The highest BCUT2D eigenvalue weighted by Gasteiger charge is 2.24. The number of hydrogen-bond acceptors (Lipinski definition) is 2. The van der Waals surface area contributed by atoms with Crippen LogP contribution in [0.3, 0.4) is 0 Å². The molecular formula is C15H22N2O. The topological polar surface area (TPSA) is 32.3 Å². The molecule has 1 saturated carbocycles. The van der Waals surface area contributed by atoms with Gasteiger partial charge in [0.15, 0.2) is 0 Å². The number of nitrogens with one attached hydrogen (secondary N) is 1. The maximum Gasteiger partial charge on any atom is 0.223 e. The summed E-state index contributed by atoms with van der Waals surface area (Å²) < 4.78 is 0. The van der Waals surface area contributed by atoms with Gasteiger partial charge in [-0.05, 0) is 31.4 Å². The number of nitrogens with zero attached hydrogens (tertiary/aromatic N) is 1. The van der Waals surface area contributed by atoms with E-state index in [0.29, 0.717) is 5.92 Å². The summed E-state index contributed by atoms with van der Waals surface area (Å²) >= 11 is 0. The highest BCUT2D eigenvalue weighted by Crippen LogP contribution is 2.26. The molecule has 1 amide bonds. The van der Waals surface area contributed by atoms with E-state index in [-0.39, 0.29) is 5.91 Å². The number of carbonyl (C=O) groups excluding carboxylic acids is 1. The first kappa shape index (κ1) is 12.9. The minimum absolute atomic E-state index is 0.253. The first-order valence-corrected chi connectivity index (χ1v) is 6.81. The van der Waals surface area contributed by atoms with Crippen molar-refractivity contribution in [2.45, 2.75) is 25.7 Å². The van der Waals surface area contributed by atoms with Crippen molar-refractivity contribution in [3.05, 3.63) is 30.3 Å². The number of hydrogen-bond donors (Lipinski definition) is 1. The zero-order valence-electron chi connectivity index (χ0n) is 11.1. The van der Waals surface area contributed by atoms with Crippen LogP contribution in [-0.2, 0) is 4.79 Å². The predicted molar refractivity (Wildman–Crippen MR) is 74.7 cm³/mol.